The highest BCUT2D eigenvalue weighted by Gasteiger charge is 2.13. The molecule has 2 N–H and O–H groups in total. The molecule has 0 aliphatic carbocycles. The van der Waals surface area contributed by atoms with Crippen molar-refractivity contribution >= 4 is 39.6 Å². The van der Waals surface area contributed by atoms with Crippen molar-refractivity contribution in [2.24, 2.45) is 5.10 Å². The van der Waals surface area contributed by atoms with Crippen LogP contribution in [-0.2, 0) is 4.79 Å². The highest BCUT2D eigenvalue weighted by atomic mass is 79.9. The third-order valence-electron chi connectivity index (χ3n) is 4.41. The number of halogens is 2. The fourth-order valence-corrected chi connectivity index (χ4v) is 3.20. The van der Waals surface area contributed by atoms with Crippen molar-refractivity contribution < 1.29 is 23.5 Å². The summed E-state index contributed by atoms with van der Waals surface area (Å²) in [4.78, 5) is 24.3. The fraction of sp³-hybridized carbons (Fsp3) is 0.0833. The van der Waals surface area contributed by atoms with Gasteiger partial charge in [-0.05, 0) is 58.4 Å². The smallest absolute Gasteiger partial charge is 0.274 e. The Kier molecular flexibility index (Phi) is 8.32. The summed E-state index contributed by atoms with van der Waals surface area (Å²) >= 11 is 3.38. The third kappa shape index (κ3) is 6.40. The second kappa shape index (κ2) is 11.6. The number of benzene rings is 3. The first-order chi connectivity index (χ1) is 16.4. The van der Waals surface area contributed by atoms with Crippen LogP contribution < -0.4 is 20.2 Å². The van der Waals surface area contributed by atoms with Crippen LogP contribution in [-0.4, -0.2) is 31.7 Å². The van der Waals surface area contributed by atoms with Gasteiger partial charge in [0, 0.05) is 15.7 Å². The minimum Gasteiger partial charge on any atom is -0.493 e. The van der Waals surface area contributed by atoms with Crippen LogP contribution in [0.25, 0.3) is 0 Å². The zero-order valence-electron chi connectivity index (χ0n) is 17.8. The van der Waals surface area contributed by atoms with Gasteiger partial charge in [0.1, 0.15) is 5.82 Å². The molecule has 172 valence electrons. The summed E-state index contributed by atoms with van der Waals surface area (Å²) in [6.45, 7) is -0.239. The van der Waals surface area contributed by atoms with E-state index in [0.717, 1.165) is 6.07 Å². The highest BCUT2D eigenvalue weighted by Crippen LogP contribution is 2.33. The zero-order valence-corrected chi connectivity index (χ0v) is 19.4. The number of ether oxygens (including phenoxy) is 2. The average Bonchev–Trinajstić information content (AvgIpc) is 2.84. The first kappa shape index (κ1) is 24.4. The van der Waals surface area contributed by atoms with Gasteiger partial charge >= 0.3 is 0 Å². The van der Waals surface area contributed by atoms with Gasteiger partial charge in [-0.1, -0.05) is 18.2 Å². The summed E-state index contributed by atoms with van der Waals surface area (Å²) in [7, 11) is 1.44. The number of para-hydroxylation sites is 1. The average molecular weight is 525 g/mol. The molecule has 0 heterocycles. The van der Waals surface area contributed by atoms with Gasteiger partial charge in [0.15, 0.2) is 18.1 Å². The van der Waals surface area contributed by atoms with Gasteiger partial charge in [-0.2, -0.15) is 10.4 Å². The molecule has 0 aromatic heterocycles. The molecule has 3 rings (SSSR count). The van der Waals surface area contributed by atoms with E-state index in [0.29, 0.717) is 27.2 Å². The second-order valence-corrected chi connectivity index (χ2v) is 7.59. The van der Waals surface area contributed by atoms with E-state index >= 15 is 0 Å². The minimum absolute atomic E-state index is 0.105. The number of amides is 2. The third-order valence-corrected chi connectivity index (χ3v) is 5.10. The van der Waals surface area contributed by atoms with Crippen LogP contribution in [0.15, 0.2) is 70.2 Å². The van der Waals surface area contributed by atoms with E-state index in [1.54, 1.807) is 42.5 Å². The van der Waals surface area contributed by atoms with Crippen molar-refractivity contribution in [1.82, 2.24) is 5.43 Å². The quantitative estimate of drug-likeness (QED) is 0.337. The van der Waals surface area contributed by atoms with E-state index in [-0.39, 0.29) is 23.6 Å². The number of methoxy groups -OCH3 is 1. The molecule has 0 radical (unpaired) electrons. The van der Waals surface area contributed by atoms with Gasteiger partial charge in [-0.25, -0.2) is 9.82 Å². The number of rotatable bonds is 8. The lowest BCUT2D eigenvalue weighted by molar-refractivity contribution is -0.118. The number of carbonyl (C=O) groups excluding carboxylic acids is 2. The van der Waals surface area contributed by atoms with E-state index in [1.165, 1.54) is 25.5 Å². The Morgan fingerprint density at radius 3 is 2.59 bits per heavy atom. The lowest BCUT2D eigenvalue weighted by Gasteiger charge is -2.13. The molecule has 0 aliphatic heterocycles. The summed E-state index contributed by atoms with van der Waals surface area (Å²) in [5.74, 6) is -1.29. The monoisotopic (exact) mass is 524 g/mol. The van der Waals surface area contributed by atoms with Crippen LogP contribution in [0, 0.1) is 17.1 Å². The van der Waals surface area contributed by atoms with Crippen molar-refractivity contribution in [2.75, 3.05) is 19.0 Å². The number of nitrogens with zero attached hydrogens (tertiary/aromatic N) is 2. The number of hydrogen-bond acceptors (Lipinski definition) is 6. The number of hydrogen-bond donors (Lipinski definition) is 2. The van der Waals surface area contributed by atoms with Crippen molar-refractivity contribution in [3.8, 4) is 17.6 Å². The number of anilines is 1. The van der Waals surface area contributed by atoms with Crippen molar-refractivity contribution in [3.05, 3.63) is 87.6 Å². The minimum atomic E-state index is -0.826. The molecule has 0 atom stereocenters. The molecular formula is C24H18BrFN4O4. The summed E-state index contributed by atoms with van der Waals surface area (Å²) in [6.07, 6.45) is 1.33. The van der Waals surface area contributed by atoms with Gasteiger partial charge in [0.2, 0.25) is 0 Å². The summed E-state index contributed by atoms with van der Waals surface area (Å²) in [6, 6.07) is 17.5. The Bertz CT molecular complexity index is 1280. The first-order valence-corrected chi connectivity index (χ1v) is 10.6. The van der Waals surface area contributed by atoms with Crippen molar-refractivity contribution in [1.29, 1.82) is 5.26 Å². The lowest BCUT2D eigenvalue weighted by atomic mass is 10.1. The second-order valence-electron chi connectivity index (χ2n) is 6.73. The Labute approximate surface area is 203 Å². The molecule has 0 fully saturated rings. The Hall–Kier alpha value is -4.23. The standard InChI is InChI=1S/C24H18BrFN4O4/c1-33-21-10-16(13-28-30-24(32)18-8-7-15(12-27)9-20(18)26)19(25)11-22(21)34-14-23(31)29-17-5-3-2-4-6-17/h2-11,13H,14H2,1H3,(H,29,31)(H,30,32)/b28-13-. The van der Waals surface area contributed by atoms with Gasteiger partial charge in [0.05, 0.1) is 30.5 Å². The number of hydrazone groups is 1. The van der Waals surface area contributed by atoms with Crippen LogP contribution >= 0.6 is 15.9 Å². The maximum absolute atomic E-state index is 14.0. The molecule has 0 saturated heterocycles. The molecule has 0 bridgehead atoms. The van der Waals surface area contributed by atoms with Gasteiger partial charge in [-0.15, -0.1) is 0 Å². The molecule has 3 aromatic rings. The molecule has 0 aliphatic rings. The fourth-order valence-electron chi connectivity index (χ4n) is 2.77. The molecule has 0 unspecified atom stereocenters. The molecule has 34 heavy (non-hydrogen) atoms. The van der Waals surface area contributed by atoms with Crippen LogP contribution in [0.5, 0.6) is 11.5 Å². The SMILES string of the molecule is COc1cc(/C=N\NC(=O)c2ccc(C#N)cc2F)c(Br)cc1OCC(=O)Nc1ccccc1. The van der Waals surface area contributed by atoms with Crippen molar-refractivity contribution in [2.45, 2.75) is 0 Å². The number of nitriles is 1. The van der Waals surface area contributed by atoms with Gasteiger partial charge in [0.25, 0.3) is 11.8 Å². The Morgan fingerprint density at radius 1 is 1.15 bits per heavy atom. The highest BCUT2D eigenvalue weighted by molar-refractivity contribution is 9.10. The largest absolute Gasteiger partial charge is 0.493 e. The van der Waals surface area contributed by atoms with E-state index < -0.39 is 11.7 Å². The molecule has 8 nitrogen and oxygen atoms in total. The van der Waals surface area contributed by atoms with Crippen LogP contribution in [0.3, 0.4) is 0 Å². The first-order valence-electron chi connectivity index (χ1n) is 9.79. The predicted molar refractivity (Wildman–Crippen MR) is 127 cm³/mol. The molecule has 10 heteroatoms. The predicted octanol–water partition coefficient (Wildman–Crippen LogP) is 4.25. The molecule has 0 saturated carbocycles. The molecule has 3 aromatic carbocycles. The number of carbonyl (C=O) groups is 2. The lowest BCUT2D eigenvalue weighted by Crippen LogP contribution is -2.20. The molecule has 0 spiro atoms. The maximum Gasteiger partial charge on any atom is 0.274 e. The van der Waals surface area contributed by atoms with Crippen molar-refractivity contribution in [3.63, 3.8) is 0 Å². The summed E-state index contributed by atoms with van der Waals surface area (Å²) in [5, 5.41) is 15.3. The van der Waals surface area contributed by atoms with Crippen LogP contribution in [0.4, 0.5) is 10.1 Å². The van der Waals surface area contributed by atoms with Crippen LogP contribution in [0.2, 0.25) is 0 Å². The zero-order chi connectivity index (χ0) is 24.5. The topological polar surface area (TPSA) is 113 Å². The Balaban J connectivity index is 1.64. The summed E-state index contributed by atoms with van der Waals surface area (Å²) in [5.41, 5.74) is 3.27. The maximum atomic E-state index is 14.0. The van der Waals surface area contributed by atoms with Gasteiger partial charge in [-0.3, -0.25) is 9.59 Å². The normalized spacial score (nSPS) is 10.4. The molecular weight excluding hydrogens is 507 g/mol. The van der Waals surface area contributed by atoms with Crippen LogP contribution in [0.1, 0.15) is 21.5 Å². The van der Waals surface area contributed by atoms with E-state index in [2.05, 4.69) is 31.8 Å². The van der Waals surface area contributed by atoms with Gasteiger partial charge < -0.3 is 14.8 Å². The van der Waals surface area contributed by atoms with E-state index in [4.69, 9.17) is 14.7 Å². The number of nitrogens with one attached hydrogen (secondary N) is 2. The summed E-state index contributed by atoms with van der Waals surface area (Å²) < 4.78 is 25.4. The van der Waals surface area contributed by atoms with E-state index in [1.807, 2.05) is 6.07 Å². The molecule has 2 amide bonds. The Morgan fingerprint density at radius 2 is 1.91 bits per heavy atom. The van der Waals surface area contributed by atoms with E-state index in [9.17, 15) is 14.0 Å².